The average Bonchev–Trinajstić information content (AvgIpc) is 3.07. The van der Waals surface area contributed by atoms with E-state index in [0.717, 1.165) is 10.9 Å². The third-order valence-corrected chi connectivity index (χ3v) is 3.55. The molecule has 0 saturated carbocycles. The predicted molar refractivity (Wildman–Crippen MR) is 79.9 cm³/mol. The Labute approximate surface area is 124 Å². The molecule has 0 radical (unpaired) electrons. The number of hydrogen-bond donors (Lipinski definition) is 1. The van der Waals surface area contributed by atoms with E-state index < -0.39 is 0 Å². The van der Waals surface area contributed by atoms with Crippen LogP contribution in [0.1, 0.15) is 0 Å². The summed E-state index contributed by atoms with van der Waals surface area (Å²) in [5.41, 5.74) is 8.02. The topological polar surface area (TPSA) is 86.9 Å². The van der Waals surface area contributed by atoms with Crippen molar-refractivity contribution in [2.45, 2.75) is 0 Å². The minimum absolute atomic E-state index is 0.244. The van der Waals surface area contributed by atoms with Gasteiger partial charge in [0, 0.05) is 18.6 Å². The van der Waals surface area contributed by atoms with Crippen LogP contribution in [0.4, 0.5) is 5.95 Å². The molecule has 2 N–H and O–H groups in total. The van der Waals surface area contributed by atoms with Crippen molar-refractivity contribution in [3.63, 3.8) is 0 Å². The molecule has 0 saturated heterocycles. The first kappa shape index (κ1) is 12.1. The number of aromatic nitrogens is 6. The lowest BCUT2D eigenvalue weighted by Crippen LogP contribution is -2.02. The number of nitrogens with two attached hydrogens (primary N) is 1. The molecule has 4 rings (SSSR count). The van der Waals surface area contributed by atoms with E-state index in [4.69, 9.17) is 17.3 Å². The fourth-order valence-corrected chi connectivity index (χ4v) is 2.49. The second kappa shape index (κ2) is 4.16. The van der Waals surface area contributed by atoms with Crippen LogP contribution >= 0.6 is 11.6 Å². The number of hydrogen-bond acceptors (Lipinski definition) is 5. The summed E-state index contributed by atoms with van der Waals surface area (Å²) < 4.78 is 3.21. The lowest BCUT2D eigenvalue weighted by molar-refractivity contribution is 0.768. The van der Waals surface area contributed by atoms with Gasteiger partial charge in [0.05, 0.1) is 22.3 Å². The maximum Gasteiger partial charge on any atom is 0.223 e. The van der Waals surface area contributed by atoms with Gasteiger partial charge in [-0.05, 0) is 12.1 Å². The van der Waals surface area contributed by atoms with Gasteiger partial charge in [0.15, 0.2) is 11.5 Å². The van der Waals surface area contributed by atoms with Crippen LogP contribution in [0.25, 0.3) is 27.9 Å². The number of benzene rings is 1. The van der Waals surface area contributed by atoms with Crippen molar-refractivity contribution in [1.82, 2.24) is 29.4 Å². The van der Waals surface area contributed by atoms with Crippen molar-refractivity contribution in [3.05, 3.63) is 35.6 Å². The first-order valence-corrected chi connectivity index (χ1v) is 6.61. The summed E-state index contributed by atoms with van der Waals surface area (Å²) in [7, 11) is 1.84. The second-order valence-corrected chi connectivity index (χ2v) is 5.09. The number of anilines is 1. The zero-order valence-electron chi connectivity index (χ0n) is 11.0. The molecule has 0 unspecified atom stereocenters. The summed E-state index contributed by atoms with van der Waals surface area (Å²) in [5.74, 6) is 0.789. The molecular weight excluding hydrogens is 290 g/mol. The third kappa shape index (κ3) is 1.74. The molecule has 0 fully saturated rings. The number of aryl methyl sites for hydroxylation is 1. The first-order chi connectivity index (χ1) is 10.1. The number of nitrogens with zero attached hydrogens (tertiary/aromatic N) is 6. The van der Waals surface area contributed by atoms with Gasteiger partial charge in [0.2, 0.25) is 5.95 Å². The van der Waals surface area contributed by atoms with Gasteiger partial charge in [-0.25, -0.2) is 9.97 Å². The standard InChI is InChI=1S/C13H10ClN7/c1-20-6-7(5-16-20)11-18-12-8-3-2-4-9(14)10(8)17-13(15)21(12)19-11/h2-6H,1H3,(H2,15,17). The zero-order chi connectivity index (χ0) is 14.6. The molecule has 0 aliphatic carbocycles. The van der Waals surface area contributed by atoms with Crippen molar-refractivity contribution in [2.24, 2.45) is 7.05 Å². The monoisotopic (exact) mass is 299 g/mol. The highest BCUT2D eigenvalue weighted by atomic mass is 35.5. The summed E-state index contributed by atoms with van der Waals surface area (Å²) in [6.45, 7) is 0. The Hall–Kier alpha value is -2.67. The van der Waals surface area contributed by atoms with Crippen LogP contribution in [0.3, 0.4) is 0 Å². The van der Waals surface area contributed by atoms with Gasteiger partial charge < -0.3 is 5.73 Å². The molecular formula is C13H10ClN7. The summed E-state index contributed by atoms with van der Waals surface area (Å²) in [4.78, 5) is 8.85. The van der Waals surface area contributed by atoms with Crippen LogP contribution in [0.15, 0.2) is 30.6 Å². The van der Waals surface area contributed by atoms with Crippen LogP contribution in [0.5, 0.6) is 0 Å². The average molecular weight is 300 g/mol. The molecule has 0 aliphatic rings. The molecule has 0 bridgehead atoms. The molecule has 4 aromatic rings. The lowest BCUT2D eigenvalue weighted by atomic mass is 10.2. The van der Waals surface area contributed by atoms with Gasteiger partial charge in [-0.1, -0.05) is 17.7 Å². The highest BCUT2D eigenvalue weighted by Gasteiger charge is 2.15. The molecule has 0 atom stereocenters. The number of nitrogen functional groups attached to an aromatic ring is 1. The summed E-state index contributed by atoms with van der Waals surface area (Å²) in [5, 5.41) is 9.86. The van der Waals surface area contributed by atoms with E-state index in [1.807, 2.05) is 25.4 Å². The van der Waals surface area contributed by atoms with Crippen LogP contribution in [0, 0.1) is 0 Å². The van der Waals surface area contributed by atoms with Crippen molar-refractivity contribution in [3.8, 4) is 11.4 Å². The molecule has 0 spiro atoms. The minimum atomic E-state index is 0.244. The number of para-hydroxylation sites is 1. The molecule has 8 heteroatoms. The Morgan fingerprint density at radius 2 is 2.10 bits per heavy atom. The lowest BCUT2D eigenvalue weighted by Gasteiger charge is -2.02. The molecule has 3 heterocycles. The molecule has 0 amide bonds. The second-order valence-electron chi connectivity index (χ2n) is 4.68. The maximum absolute atomic E-state index is 6.17. The molecule has 1 aromatic carbocycles. The Morgan fingerprint density at radius 3 is 2.86 bits per heavy atom. The molecule has 3 aromatic heterocycles. The molecule has 7 nitrogen and oxygen atoms in total. The molecule has 21 heavy (non-hydrogen) atoms. The Morgan fingerprint density at radius 1 is 1.24 bits per heavy atom. The fraction of sp³-hybridized carbons (Fsp3) is 0.0769. The van der Waals surface area contributed by atoms with Crippen molar-refractivity contribution >= 4 is 34.1 Å². The van der Waals surface area contributed by atoms with Crippen LogP contribution in [-0.4, -0.2) is 29.4 Å². The number of halogens is 1. The van der Waals surface area contributed by atoms with Gasteiger partial charge in [-0.3, -0.25) is 4.68 Å². The molecule has 104 valence electrons. The van der Waals surface area contributed by atoms with Crippen molar-refractivity contribution in [1.29, 1.82) is 0 Å². The third-order valence-electron chi connectivity index (χ3n) is 3.24. The summed E-state index contributed by atoms with van der Waals surface area (Å²) >= 11 is 6.17. The van der Waals surface area contributed by atoms with Gasteiger partial charge >= 0.3 is 0 Å². The number of fused-ring (bicyclic) bond motifs is 3. The van der Waals surface area contributed by atoms with Gasteiger partial charge in [-0.15, -0.1) is 5.10 Å². The predicted octanol–water partition coefficient (Wildman–Crippen LogP) is 1.91. The quantitative estimate of drug-likeness (QED) is 0.580. The fourth-order valence-electron chi connectivity index (χ4n) is 2.28. The summed E-state index contributed by atoms with van der Waals surface area (Å²) in [6, 6.07) is 5.51. The molecule has 0 aliphatic heterocycles. The first-order valence-electron chi connectivity index (χ1n) is 6.23. The van der Waals surface area contributed by atoms with Crippen LogP contribution < -0.4 is 5.73 Å². The van der Waals surface area contributed by atoms with E-state index in [0.29, 0.717) is 22.0 Å². The van der Waals surface area contributed by atoms with E-state index in [1.165, 1.54) is 4.52 Å². The highest BCUT2D eigenvalue weighted by Crippen LogP contribution is 2.27. The normalized spacial score (nSPS) is 11.5. The van der Waals surface area contributed by atoms with Crippen molar-refractivity contribution in [2.75, 3.05) is 5.73 Å². The van der Waals surface area contributed by atoms with Gasteiger partial charge in [0.25, 0.3) is 0 Å². The van der Waals surface area contributed by atoms with Crippen LogP contribution in [-0.2, 0) is 7.05 Å². The zero-order valence-corrected chi connectivity index (χ0v) is 11.8. The van der Waals surface area contributed by atoms with E-state index in [1.54, 1.807) is 16.9 Å². The number of rotatable bonds is 1. The Balaban J connectivity index is 2.09. The minimum Gasteiger partial charge on any atom is -0.368 e. The smallest absolute Gasteiger partial charge is 0.223 e. The van der Waals surface area contributed by atoms with E-state index in [9.17, 15) is 0 Å². The Kier molecular flexibility index (Phi) is 2.40. The van der Waals surface area contributed by atoms with Crippen molar-refractivity contribution < 1.29 is 0 Å². The maximum atomic E-state index is 6.17. The SMILES string of the molecule is Cn1cc(-c2nc3c4cccc(Cl)c4nc(N)n3n2)cn1. The van der Waals surface area contributed by atoms with Gasteiger partial charge in [-0.2, -0.15) is 9.61 Å². The van der Waals surface area contributed by atoms with Crippen LogP contribution in [0.2, 0.25) is 5.02 Å². The van der Waals surface area contributed by atoms with E-state index in [-0.39, 0.29) is 5.95 Å². The van der Waals surface area contributed by atoms with E-state index in [2.05, 4.69) is 20.2 Å². The highest BCUT2D eigenvalue weighted by molar-refractivity contribution is 6.35. The largest absolute Gasteiger partial charge is 0.368 e. The Bertz CT molecular complexity index is 985. The van der Waals surface area contributed by atoms with E-state index >= 15 is 0 Å². The summed E-state index contributed by atoms with van der Waals surface area (Å²) in [6.07, 6.45) is 3.54. The van der Waals surface area contributed by atoms with Gasteiger partial charge in [0.1, 0.15) is 0 Å².